The smallest absolute Gasteiger partial charge is 0.324 e. The van der Waals surface area contributed by atoms with E-state index < -0.39 is 17.4 Å². The van der Waals surface area contributed by atoms with Crippen molar-refractivity contribution < 1.29 is 19.1 Å². The van der Waals surface area contributed by atoms with Gasteiger partial charge < -0.3 is 9.47 Å². The third-order valence-electron chi connectivity index (χ3n) is 2.55. The zero-order valence-electron chi connectivity index (χ0n) is 11.5. The molecule has 0 N–H and O–H groups in total. The Labute approximate surface area is 123 Å². The van der Waals surface area contributed by atoms with E-state index in [1.807, 2.05) is 6.08 Å². The second kappa shape index (κ2) is 9.78. The van der Waals surface area contributed by atoms with Crippen LogP contribution in [0.25, 0.3) is 0 Å². The summed E-state index contributed by atoms with van der Waals surface area (Å²) in [6.45, 7) is 7.46. The quantitative estimate of drug-likeness (QED) is 0.282. The molecule has 19 heavy (non-hydrogen) atoms. The summed E-state index contributed by atoms with van der Waals surface area (Å²) in [4.78, 5) is 24.3. The number of carbonyl (C=O) groups excluding carboxylic acids is 2. The molecule has 0 saturated heterocycles. The van der Waals surface area contributed by atoms with Gasteiger partial charge in [0, 0.05) is 5.33 Å². The van der Waals surface area contributed by atoms with Gasteiger partial charge in [0.1, 0.15) is 0 Å². The highest BCUT2D eigenvalue weighted by Gasteiger charge is 2.46. The number of allylic oxidation sites excluding steroid dienone is 3. The lowest BCUT2D eigenvalue weighted by Gasteiger charge is -2.26. The van der Waals surface area contributed by atoms with Gasteiger partial charge in [-0.15, -0.1) is 6.58 Å². The molecule has 0 aliphatic heterocycles. The van der Waals surface area contributed by atoms with Crippen molar-refractivity contribution in [3.63, 3.8) is 0 Å². The summed E-state index contributed by atoms with van der Waals surface area (Å²) in [5.41, 5.74) is -1.33. The van der Waals surface area contributed by atoms with Crippen molar-refractivity contribution in [2.75, 3.05) is 18.5 Å². The summed E-state index contributed by atoms with van der Waals surface area (Å²) in [6, 6.07) is 0. The molecule has 0 rings (SSSR count). The number of hydrogen-bond acceptors (Lipinski definition) is 4. The zero-order chi connectivity index (χ0) is 14.7. The van der Waals surface area contributed by atoms with Crippen molar-refractivity contribution in [2.45, 2.75) is 26.7 Å². The van der Waals surface area contributed by atoms with E-state index in [4.69, 9.17) is 9.47 Å². The monoisotopic (exact) mass is 332 g/mol. The standard InChI is InChI=1S/C14H21BrO4/c1-4-9-14(10-7-8-11-15,12(16)18-5-2)13(17)19-6-3/h4,7-8H,1,5-6,9-11H2,2-3H3/b8-7+. The van der Waals surface area contributed by atoms with E-state index in [0.29, 0.717) is 5.33 Å². The molecule has 0 radical (unpaired) electrons. The number of carbonyl (C=O) groups is 2. The van der Waals surface area contributed by atoms with Crippen molar-refractivity contribution in [3.05, 3.63) is 24.8 Å². The molecule has 0 spiro atoms. The molecule has 0 aromatic rings. The summed E-state index contributed by atoms with van der Waals surface area (Å²) >= 11 is 3.25. The van der Waals surface area contributed by atoms with Gasteiger partial charge in [-0.1, -0.05) is 34.2 Å². The molecule has 108 valence electrons. The van der Waals surface area contributed by atoms with Crippen LogP contribution < -0.4 is 0 Å². The normalized spacial score (nSPS) is 11.3. The Morgan fingerprint density at radius 1 is 1.11 bits per heavy atom. The molecule has 0 bridgehead atoms. The molecule has 0 atom stereocenters. The van der Waals surface area contributed by atoms with Gasteiger partial charge in [0.15, 0.2) is 5.41 Å². The summed E-state index contributed by atoms with van der Waals surface area (Å²) in [5, 5.41) is 0.656. The Bertz CT molecular complexity index is 318. The topological polar surface area (TPSA) is 52.6 Å². The number of hydrogen-bond donors (Lipinski definition) is 0. The third kappa shape index (κ3) is 5.19. The molecule has 0 unspecified atom stereocenters. The highest BCUT2D eigenvalue weighted by atomic mass is 79.9. The first-order valence-electron chi connectivity index (χ1n) is 6.25. The van der Waals surface area contributed by atoms with Crippen molar-refractivity contribution in [1.29, 1.82) is 0 Å². The SMILES string of the molecule is C=CCC(C/C=C/CBr)(C(=O)OCC)C(=O)OCC. The molecule has 4 nitrogen and oxygen atoms in total. The van der Waals surface area contributed by atoms with E-state index in [1.54, 1.807) is 19.9 Å². The second-order valence-electron chi connectivity index (χ2n) is 3.85. The molecule has 0 aromatic carbocycles. The molecule has 0 heterocycles. The minimum atomic E-state index is -1.33. The first-order chi connectivity index (χ1) is 9.08. The van der Waals surface area contributed by atoms with Crippen LogP contribution >= 0.6 is 15.9 Å². The maximum absolute atomic E-state index is 12.1. The van der Waals surface area contributed by atoms with Crippen LogP contribution in [0, 0.1) is 5.41 Å². The predicted octanol–water partition coefficient (Wildman–Crippen LogP) is 3.02. The van der Waals surface area contributed by atoms with Crippen LogP contribution in [0.4, 0.5) is 0 Å². The fourth-order valence-electron chi connectivity index (χ4n) is 1.63. The molecule has 0 fully saturated rings. The lowest BCUT2D eigenvalue weighted by molar-refractivity contribution is -0.171. The zero-order valence-corrected chi connectivity index (χ0v) is 13.1. The first kappa shape index (κ1) is 17.9. The van der Waals surface area contributed by atoms with Crippen LogP contribution in [0.2, 0.25) is 0 Å². The lowest BCUT2D eigenvalue weighted by atomic mass is 9.81. The summed E-state index contributed by atoms with van der Waals surface area (Å²) in [5.74, 6) is -1.12. The lowest BCUT2D eigenvalue weighted by Crippen LogP contribution is -2.41. The van der Waals surface area contributed by atoms with Crippen molar-refractivity contribution in [3.8, 4) is 0 Å². The van der Waals surface area contributed by atoms with Gasteiger partial charge in [0.2, 0.25) is 0 Å². The van der Waals surface area contributed by atoms with Crippen molar-refractivity contribution in [2.24, 2.45) is 5.41 Å². The second-order valence-corrected chi connectivity index (χ2v) is 4.49. The summed E-state index contributed by atoms with van der Waals surface area (Å²) in [6.07, 6.45) is 5.57. The fourth-order valence-corrected chi connectivity index (χ4v) is 1.90. The Morgan fingerprint density at radius 3 is 2.00 bits per heavy atom. The number of rotatable bonds is 9. The Balaban J connectivity index is 5.31. The van der Waals surface area contributed by atoms with Crippen LogP contribution in [-0.4, -0.2) is 30.5 Å². The number of halogens is 1. The molecule has 0 aliphatic rings. The number of esters is 2. The average molecular weight is 333 g/mol. The Morgan fingerprint density at radius 2 is 1.63 bits per heavy atom. The largest absolute Gasteiger partial charge is 0.465 e. The van der Waals surface area contributed by atoms with Gasteiger partial charge in [-0.3, -0.25) is 9.59 Å². The van der Waals surface area contributed by atoms with Gasteiger partial charge in [-0.2, -0.15) is 0 Å². The molecular weight excluding hydrogens is 312 g/mol. The minimum absolute atomic E-state index is 0.192. The van der Waals surface area contributed by atoms with Crippen LogP contribution in [0.15, 0.2) is 24.8 Å². The average Bonchev–Trinajstić information content (AvgIpc) is 2.38. The van der Waals surface area contributed by atoms with Crippen LogP contribution in [0.1, 0.15) is 26.7 Å². The molecule has 0 amide bonds. The van der Waals surface area contributed by atoms with Gasteiger partial charge in [0.05, 0.1) is 13.2 Å². The van der Waals surface area contributed by atoms with Gasteiger partial charge >= 0.3 is 11.9 Å². The summed E-state index contributed by atoms with van der Waals surface area (Å²) in [7, 11) is 0. The van der Waals surface area contributed by atoms with E-state index in [9.17, 15) is 9.59 Å². The number of ether oxygens (including phenoxy) is 2. The molecule has 0 aromatic heterocycles. The third-order valence-corrected chi connectivity index (χ3v) is 2.92. The van der Waals surface area contributed by atoms with E-state index in [0.717, 1.165) is 0 Å². The van der Waals surface area contributed by atoms with Crippen molar-refractivity contribution >= 4 is 27.9 Å². The van der Waals surface area contributed by atoms with Gasteiger partial charge in [-0.05, 0) is 26.7 Å². The highest BCUT2D eigenvalue weighted by Crippen LogP contribution is 2.31. The van der Waals surface area contributed by atoms with E-state index in [2.05, 4.69) is 22.5 Å². The molecule has 0 saturated carbocycles. The summed E-state index contributed by atoms with van der Waals surface area (Å²) < 4.78 is 10.0. The maximum Gasteiger partial charge on any atom is 0.324 e. The van der Waals surface area contributed by atoms with Crippen molar-refractivity contribution in [1.82, 2.24) is 0 Å². The Kier molecular flexibility index (Phi) is 9.21. The van der Waals surface area contributed by atoms with Gasteiger partial charge in [-0.25, -0.2) is 0 Å². The highest BCUT2D eigenvalue weighted by molar-refractivity contribution is 9.09. The van der Waals surface area contributed by atoms with Gasteiger partial charge in [0.25, 0.3) is 0 Å². The Hall–Kier alpha value is -1.10. The minimum Gasteiger partial charge on any atom is -0.465 e. The number of alkyl halides is 1. The van der Waals surface area contributed by atoms with Crippen LogP contribution in [0.3, 0.4) is 0 Å². The first-order valence-corrected chi connectivity index (χ1v) is 7.37. The molecule has 0 aliphatic carbocycles. The van der Waals surface area contributed by atoms with Crippen LogP contribution in [-0.2, 0) is 19.1 Å². The maximum atomic E-state index is 12.1. The van der Waals surface area contributed by atoms with E-state index >= 15 is 0 Å². The predicted molar refractivity (Wildman–Crippen MR) is 78.1 cm³/mol. The molecular formula is C14H21BrO4. The fraction of sp³-hybridized carbons (Fsp3) is 0.571. The van der Waals surface area contributed by atoms with E-state index in [1.165, 1.54) is 6.08 Å². The molecule has 5 heteroatoms. The van der Waals surface area contributed by atoms with Crippen LogP contribution in [0.5, 0.6) is 0 Å². The van der Waals surface area contributed by atoms with E-state index in [-0.39, 0.29) is 26.1 Å².